The third kappa shape index (κ3) is 6.89. The number of hydrogen-bond acceptors (Lipinski definition) is 6. The Labute approximate surface area is 216 Å². The molecule has 0 saturated carbocycles. The molecule has 0 aliphatic carbocycles. The van der Waals surface area contributed by atoms with Gasteiger partial charge in [0.2, 0.25) is 5.89 Å². The van der Waals surface area contributed by atoms with E-state index in [-0.39, 0.29) is 29.5 Å². The summed E-state index contributed by atoms with van der Waals surface area (Å²) in [6.45, 7) is 0.642. The maximum absolute atomic E-state index is 13.9. The van der Waals surface area contributed by atoms with E-state index in [0.29, 0.717) is 5.56 Å². The second-order valence-electron chi connectivity index (χ2n) is 8.78. The molecule has 1 aromatic heterocycles. The molecule has 1 atom stereocenters. The molecule has 0 saturated heterocycles. The van der Waals surface area contributed by atoms with Crippen molar-refractivity contribution in [2.75, 3.05) is 6.61 Å². The van der Waals surface area contributed by atoms with Crippen molar-refractivity contribution >= 4 is 7.82 Å². The van der Waals surface area contributed by atoms with Gasteiger partial charge >= 0.3 is 14.0 Å². The van der Waals surface area contributed by atoms with Crippen molar-refractivity contribution in [3.05, 3.63) is 96.1 Å². The van der Waals surface area contributed by atoms with Crippen LogP contribution in [-0.2, 0) is 27.4 Å². The summed E-state index contributed by atoms with van der Waals surface area (Å²) >= 11 is 0. The lowest BCUT2D eigenvalue weighted by atomic mass is 10.0. The van der Waals surface area contributed by atoms with E-state index in [1.54, 1.807) is 12.1 Å². The predicted octanol–water partition coefficient (Wildman–Crippen LogP) is 5.89. The first-order valence-corrected chi connectivity index (χ1v) is 12.8. The van der Waals surface area contributed by atoms with Crippen molar-refractivity contribution in [2.45, 2.75) is 25.2 Å². The molecule has 0 fully saturated rings. The lowest BCUT2D eigenvalue weighted by molar-refractivity contribution is -0.139. The molecule has 0 aliphatic rings. The van der Waals surface area contributed by atoms with Crippen molar-refractivity contribution in [2.24, 2.45) is 5.73 Å². The fourth-order valence-corrected chi connectivity index (χ4v) is 4.01. The molecule has 12 heteroatoms. The molecule has 0 unspecified atom stereocenters. The number of hydrogen-bond donors (Lipinski definition) is 3. The quantitative estimate of drug-likeness (QED) is 0.221. The van der Waals surface area contributed by atoms with Gasteiger partial charge in [0, 0.05) is 5.56 Å². The van der Waals surface area contributed by atoms with E-state index in [1.807, 2.05) is 42.5 Å². The third-order valence-corrected chi connectivity index (χ3v) is 6.03. The zero-order valence-electron chi connectivity index (χ0n) is 20.1. The fourth-order valence-electron chi connectivity index (χ4n) is 3.57. The van der Waals surface area contributed by atoms with Gasteiger partial charge in [-0.25, -0.2) is 9.55 Å². The summed E-state index contributed by atoms with van der Waals surface area (Å²) < 4.78 is 67.8. The summed E-state index contributed by atoms with van der Waals surface area (Å²) in [5.74, 6) is -0.524. The van der Waals surface area contributed by atoms with Gasteiger partial charge in [0.15, 0.2) is 0 Å². The van der Waals surface area contributed by atoms with Crippen molar-refractivity contribution in [3.63, 3.8) is 0 Å². The van der Waals surface area contributed by atoms with Crippen LogP contribution in [0.5, 0.6) is 5.75 Å². The van der Waals surface area contributed by atoms with Crippen molar-refractivity contribution in [3.8, 4) is 28.1 Å². The van der Waals surface area contributed by atoms with Crippen LogP contribution in [-0.4, -0.2) is 21.4 Å². The van der Waals surface area contributed by atoms with E-state index in [1.165, 1.54) is 19.1 Å². The molecule has 0 aliphatic heterocycles. The molecule has 38 heavy (non-hydrogen) atoms. The van der Waals surface area contributed by atoms with Crippen molar-refractivity contribution < 1.29 is 41.2 Å². The van der Waals surface area contributed by atoms with E-state index in [4.69, 9.17) is 24.7 Å². The molecule has 3 aromatic carbocycles. The first kappa shape index (κ1) is 27.6. The minimum Gasteiger partial charge on any atom is -0.488 e. The number of phosphoric acid groups is 1. The van der Waals surface area contributed by atoms with Crippen LogP contribution in [0.3, 0.4) is 0 Å². The van der Waals surface area contributed by atoms with E-state index in [2.05, 4.69) is 9.51 Å². The standard InChI is InChI=1S/C26H24F3N2O6P/c1-25(30,16-37-38(32,33)34)24-31-22(15-36-24)20-11-12-23(21(13-20)26(27,28)29)35-14-17-7-9-19(10-8-17)18-5-3-2-4-6-18/h2-13,15H,14,16,30H2,1H3,(H2,32,33,34)/t25-/m0/s1. The summed E-state index contributed by atoms with van der Waals surface area (Å²) in [7, 11) is -4.80. The van der Waals surface area contributed by atoms with Gasteiger partial charge in [0.05, 0.1) is 12.2 Å². The zero-order chi connectivity index (χ0) is 27.6. The smallest absolute Gasteiger partial charge is 0.469 e. The molecule has 0 bridgehead atoms. The van der Waals surface area contributed by atoms with Crippen LogP contribution in [0.2, 0.25) is 0 Å². The SMILES string of the molecule is C[C@](N)(COP(=O)(O)O)c1nc(-c2ccc(OCc3ccc(-c4ccccc4)cc3)c(C(F)(F)F)c2)co1. The summed E-state index contributed by atoms with van der Waals surface area (Å²) in [4.78, 5) is 21.9. The highest BCUT2D eigenvalue weighted by Crippen LogP contribution is 2.40. The summed E-state index contributed by atoms with van der Waals surface area (Å²) in [5.41, 5.74) is 6.24. The Kier molecular flexibility index (Phi) is 7.78. The Morgan fingerprint density at radius 2 is 1.61 bits per heavy atom. The van der Waals surface area contributed by atoms with Gasteiger partial charge in [-0.3, -0.25) is 4.52 Å². The molecule has 4 aromatic rings. The molecule has 8 nitrogen and oxygen atoms in total. The van der Waals surface area contributed by atoms with Crippen molar-refractivity contribution in [1.82, 2.24) is 4.98 Å². The van der Waals surface area contributed by atoms with Gasteiger partial charge in [-0.05, 0) is 41.8 Å². The van der Waals surface area contributed by atoms with Gasteiger partial charge in [0.1, 0.15) is 29.9 Å². The normalized spacial score (nSPS) is 13.8. The number of rotatable bonds is 9. The predicted molar refractivity (Wildman–Crippen MR) is 133 cm³/mol. The second kappa shape index (κ2) is 10.7. The molecule has 0 radical (unpaired) electrons. The average molecular weight is 548 g/mol. The van der Waals surface area contributed by atoms with Crippen molar-refractivity contribution in [1.29, 1.82) is 0 Å². The summed E-state index contributed by atoms with van der Waals surface area (Å²) in [5, 5.41) is 0. The molecule has 0 amide bonds. The monoisotopic (exact) mass is 548 g/mol. The number of aromatic nitrogens is 1. The maximum Gasteiger partial charge on any atom is 0.469 e. The Bertz CT molecular complexity index is 1430. The van der Waals surface area contributed by atoms with Crippen LogP contribution in [0.1, 0.15) is 23.9 Å². The topological polar surface area (TPSA) is 128 Å². The molecular formula is C26H24F3N2O6P. The molecular weight excluding hydrogens is 524 g/mol. The van der Waals surface area contributed by atoms with E-state index in [0.717, 1.165) is 23.5 Å². The van der Waals surface area contributed by atoms with Gasteiger partial charge < -0.3 is 24.7 Å². The number of nitrogens with two attached hydrogens (primary N) is 1. The molecule has 200 valence electrons. The number of nitrogens with zero attached hydrogens (tertiary/aromatic N) is 1. The van der Waals surface area contributed by atoms with Crippen LogP contribution >= 0.6 is 7.82 Å². The third-order valence-electron chi connectivity index (χ3n) is 5.56. The molecule has 4 rings (SSSR count). The maximum atomic E-state index is 13.9. The van der Waals surface area contributed by atoms with E-state index >= 15 is 0 Å². The Morgan fingerprint density at radius 3 is 2.24 bits per heavy atom. The van der Waals surface area contributed by atoms with Crippen LogP contribution in [0.15, 0.2) is 83.5 Å². The number of alkyl halides is 3. The average Bonchev–Trinajstić information content (AvgIpc) is 3.38. The Balaban J connectivity index is 1.52. The minimum atomic E-state index is -4.80. The Morgan fingerprint density at radius 1 is 0.974 bits per heavy atom. The number of oxazole rings is 1. The highest BCUT2D eigenvalue weighted by molar-refractivity contribution is 7.46. The first-order chi connectivity index (χ1) is 17.8. The van der Waals surface area contributed by atoms with Crippen LogP contribution in [0.4, 0.5) is 13.2 Å². The minimum absolute atomic E-state index is 0.0430. The highest BCUT2D eigenvalue weighted by Gasteiger charge is 2.36. The number of halogens is 3. The molecule has 1 heterocycles. The summed E-state index contributed by atoms with van der Waals surface area (Å²) in [6.07, 6.45) is -3.61. The molecule has 0 spiro atoms. The number of benzene rings is 3. The van der Waals surface area contributed by atoms with Crippen LogP contribution in [0, 0.1) is 0 Å². The second-order valence-corrected chi connectivity index (χ2v) is 10.0. The van der Waals surface area contributed by atoms with Gasteiger partial charge in [-0.2, -0.15) is 13.2 Å². The van der Waals surface area contributed by atoms with Crippen LogP contribution < -0.4 is 10.5 Å². The first-order valence-electron chi connectivity index (χ1n) is 11.3. The number of phosphoric ester groups is 1. The lowest BCUT2D eigenvalue weighted by Gasteiger charge is -2.20. The highest BCUT2D eigenvalue weighted by atomic mass is 31.2. The van der Waals surface area contributed by atoms with Gasteiger partial charge in [-0.1, -0.05) is 54.6 Å². The lowest BCUT2D eigenvalue weighted by Crippen LogP contribution is -2.38. The number of ether oxygens (including phenoxy) is 1. The largest absolute Gasteiger partial charge is 0.488 e. The van der Waals surface area contributed by atoms with Gasteiger partial charge in [-0.15, -0.1) is 0 Å². The van der Waals surface area contributed by atoms with E-state index < -0.39 is 31.7 Å². The fraction of sp³-hybridized carbons (Fsp3) is 0.192. The Hall–Kier alpha value is -3.47. The summed E-state index contributed by atoms with van der Waals surface area (Å²) in [6, 6.07) is 20.5. The zero-order valence-corrected chi connectivity index (χ0v) is 20.9. The van der Waals surface area contributed by atoms with Crippen LogP contribution in [0.25, 0.3) is 22.4 Å². The molecule has 4 N–H and O–H groups in total. The van der Waals surface area contributed by atoms with E-state index in [9.17, 15) is 17.7 Å². The van der Waals surface area contributed by atoms with Gasteiger partial charge in [0.25, 0.3) is 0 Å².